The highest BCUT2D eigenvalue weighted by Crippen LogP contribution is 2.22. The summed E-state index contributed by atoms with van der Waals surface area (Å²) >= 11 is 0. The zero-order valence-electron chi connectivity index (χ0n) is 8.82. The van der Waals surface area contributed by atoms with Crippen molar-refractivity contribution in [2.75, 3.05) is 0 Å². The number of hydrogen-bond acceptors (Lipinski definition) is 0. The molecule has 0 nitrogen and oxygen atoms in total. The maximum atomic E-state index is 5.40. The molecule has 0 aromatic heterocycles. The summed E-state index contributed by atoms with van der Waals surface area (Å²) in [4.78, 5) is 0. The van der Waals surface area contributed by atoms with E-state index in [2.05, 4.69) is 26.7 Å². The van der Waals surface area contributed by atoms with Gasteiger partial charge in [0.1, 0.15) is 0 Å². The molecule has 0 rings (SSSR count). The highest BCUT2D eigenvalue weighted by atomic mass is 14.2. The van der Waals surface area contributed by atoms with Gasteiger partial charge in [0.15, 0.2) is 0 Å². The second kappa shape index (κ2) is 6.12. The highest BCUT2D eigenvalue weighted by molar-refractivity contribution is 4.99. The second-order valence-corrected chi connectivity index (χ2v) is 4.19. The Bertz CT molecular complexity index is 137. The third kappa shape index (κ3) is 6.28. The van der Waals surface area contributed by atoms with E-state index >= 15 is 0 Å². The average molecular weight is 166 g/mol. The van der Waals surface area contributed by atoms with Crippen LogP contribution in [-0.2, 0) is 0 Å². The molecule has 0 saturated carbocycles. The maximum absolute atomic E-state index is 5.40. The SMILES string of the molecule is C#CC(C)(C)CCCCCCC. The van der Waals surface area contributed by atoms with Crippen LogP contribution in [0.2, 0.25) is 0 Å². The maximum Gasteiger partial charge on any atom is 0.0255 e. The lowest BCUT2D eigenvalue weighted by Crippen LogP contribution is -2.06. The fraction of sp³-hybridized carbons (Fsp3) is 0.833. The van der Waals surface area contributed by atoms with Crippen LogP contribution in [0.3, 0.4) is 0 Å². The molecule has 0 amide bonds. The molecule has 0 saturated heterocycles. The van der Waals surface area contributed by atoms with Gasteiger partial charge in [-0.2, -0.15) is 0 Å². The number of terminal acetylenes is 1. The summed E-state index contributed by atoms with van der Waals surface area (Å²) in [5, 5.41) is 0. The van der Waals surface area contributed by atoms with E-state index in [1.807, 2.05) is 0 Å². The van der Waals surface area contributed by atoms with Crippen LogP contribution in [0.15, 0.2) is 0 Å². The lowest BCUT2D eigenvalue weighted by atomic mass is 9.88. The normalized spacial score (nSPS) is 11.2. The van der Waals surface area contributed by atoms with Crippen molar-refractivity contribution in [3.05, 3.63) is 0 Å². The van der Waals surface area contributed by atoms with Gasteiger partial charge in [-0.05, 0) is 20.3 Å². The van der Waals surface area contributed by atoms with Crippen LogP contribution >= 0.6 is 0 Å². The zero-order valence-corrected chi connectivity index (χ0v) is 8.82. The Kier molecular flexibility index (Phi) is 5.89. The minimum absolute atomic E-state index is 0.117. The number of rotatable bonds is 6. The minimum Gasteiger partial charge on any atom is -0.120 e. The Morgan fingerprint density at radius 3 is 2.17 bits per heavy atom. The highest BCUT2D eigenvalue weighted by Gasteiger charge is 2.12. The van der Waals surface area contributed by atoms with Gasteiger partial charge >= 0.3 is 0 Å². The van der Waals surface area contributed by atoms with Gasteiger partial charge in [-0.15, -0.1) is 12.3 Å². The van der Waals surface area contributed by atoms with Crippen LogP contribution in [0.1, 0.15) is 59.3 Å². The molecule has 0 aliphatic heterocycles. The van der Waals surface area contributed by atoms with Gasteiger partial charge < -0.3 is 0 Å². The molecule has 0 unspecified atom stereocenters. The standard InChI is InChI=1S/C12H22/c1-5-7-8-9-10-11-12(3,4)6-2/h2H,5,7-11H2,1,3-4H3. The molecular weight excluding hydrogens is 144 g/mol. The Morgan fingerprint density at radius 2 is 1.67 bits per heavy atom. The lowest BCUT2D eigenvalue weighted by molar-refractivity contribution is 0.426. The van der Waals surface area contributed by atoms with Gasteiger partial charge in [0.25, 0.3) is 0 Å². The first-order valence-electron chi connectivity index (χ1n) is 5.10. The first-order chi connectivity index (χ1) is 5.62. The Labute approximate surface area is 77.8 Å². The second-order valence-electron chi connectivity index (χ2n) is 4.19. The molecule has 0 N–H and O–H groups in total. The van der Waals surface area contributed by atoms with Crippen LogP contribution in [0, 0.1) is 17.8 Å². The molecule has 0 heterocycles. The fourth-order valence-electron chi connectivity index (χ4n) is 1.24. The molecule has 70 valence electrons. The first kappa shape index (κ1) is 11.6. The number of hydrogen-bond donors (Lipinski definition) is 0. The minimum atomic E-state index is 0.117. The van der Waals surface area contributed by atoms with Crippen molar-refractivity contribution in [3.8, 4) is 12.3 Å². The molecule has 12 heavy (non-hydrogen) atoms. The Hall–Kier alpha value is -0.440. The summed E-state index contributed by atoms with van der Waals surface area (Å²) in [6.07, 6.45) is 13.3. The quantitative estimate of drug-likeness (QED) is 0.413. The smallest absolute Gasteiger partial charge is 0.0255 e. The summed E-state index contributed by atoms with van der Waals surface area (Å²) in [7, 11) is 0. The summed E-state index contributed by atoms with van der Waals surface area (Å²) in [6, 6.07) is 0. The van der Waals surface area contributed by atoms with Gasteiger partial charge in [-0.3, -0.25) is 0 Å². The van der Waals surface area contributed by atoms with Crippen molar-refractivity contribution >= 4 is 0 Å². The van der Waals surface area contributed by atoms with Gasteiger partial charge in [0.2, 0.25) is 0 Å². The molecule has 0 radical (unpaired) electrons. The van der Waals surface area contributed by atoms with Crippen molar-refractivity contribution < 1.29 is 0 Å². The first-order valence-corrected chi connectivity index (χ1v) is 5.10. The molecule has 0 spiro atoms. The van der Waals surface area contributed by atoms with E-state index in [-0.39, 0.29) is 5.41 Å². The molecule has 0 aliphatic carbocycles. The van der Waals surface area contributed by atoms with E-state index in [1.165, 1.54) is 38.5 Å². The van der Waals surface area contributed by atoms with Gasteiger partial charge in [0, 0.05) is 5.41 Å². The molecule has 0 aliphatic rings. The van der Waals surface area contributed by atoms with Crippen LogP contribution in [0.5, 0.6) is 0 Å². The monoisotopic (exact) mass is 166 g/mol. The van der Waals surface area contributed by atoms with E-state index in [4.69, 9.17) is 6.42 Å². The molecule has 0 atom stereocenters. The van der Waals surface area contributed by atoms with Crippen molar-refractivity contribution in [3.63, 3.8) is 0 Å². The molecule has 0 aromatic rings. The van der Waals surface area contributed by atoms with Crippen LogP contribution in [-0.4, -0.2) is 0 Å². The van der Waals surface area contributed by atoms with Crippen molar-refractivity contribution in [2.45, 2.75) is 59.3 Å². The van der Waals surface area contributed by atoms with E-state index in [9.17, 15) is 0 Å². The molecule has 0 fully saturated rings. The summed E-state index contributed by atoms with van der Waals surface area (Å²) < 4.78 is 0. The Morgan fingerprint density at radius 1 is 1.08 bits per heavy atom. The molecule has 0 heteroatoms. The van der Waals surface area contributed by atoms with Crippen molar-refractivity contribution in [1.29, 1.82) is 0 Å². The molecular formula is C12H22. The van der Waals surface area contributed by atoms with Crippen LogP contribution in [0.4, 0.5) is 0 Å². The van der Waals surface area contributed by atoms with Gasteiger partial charge in [-0.1, -0.05) is 39.0 Å². The summed E-state index contributed by atoms with van der Waals surface area (Å²) in [5.74, 6) is 2.83. The third-order valence-corrected chi connectivity index (χ3v) is 2.30. The predicted molar refractivity (Wildman–Crippen MR) is 56.0 cm³/mol. The largest absolute Gasteiger partial charge is 0.120 e. The fourth-order valence-corrected chi connectivity index (χ4v) is 1.24. The van der Waals surface area contributed by atoms with E-state index in [0.717, 1.165) is 0 Å². The van der Waals surface area contributed by atoms with Crippen LogP contribution in [0.25, 0.3) is 0 Å². The molecule has 0 bridgehead atoms. The van der Waals surface area contributed by atoms with E-state index < -0.39 is 0 Å². The van der Waals surface area contributed by atoms with Gasteiger partial charge in [0.05, 0.1) is 0 Å². The van der Waals surface area contributed by atoms with Crippen LogP contribution < -0.4 is 0 Å². The summed E-state index contributed by atoms with van der Waals surface area (Å²) in [5.41, 5.74) is 0.117. The lowest BCUT2D eigenvalue weighted by Gasteiger charge is -2.16. The zero-order chi connectivity index (χ0) is 9.45. The summed E-state index contributed by atoms with van der Waals surface area (Å²) in [6.45, 7) is 6.53. The molecule has 0 aromatic carbocycles. The predicted octanol–water partition coefficient (Wildman–Crippen LogP) is 4.01. The van der Waals surface area contributed by atoms with Gasteiger partial charge in [-0.25, -0.2) is 0 Å². The topological polar surface area (TPSA) is 0 Å². The van der Waals surface area contributed by atoms with Crippen molar-refractivity contribution in [1.82, 2.24) is 0 Å². The van der Waals surface area contributed by atoms with E-state index in [1.54, 1.807) is 0 Å². The van der Waals surface area contributed by atoms with E-state index in [0.29, 0.717) is 0 Å². The van der Waals surface area contributed by atoms with Crippen molar-refractivity contribution in [2.24, 2.45) is 5.41 Å². The number of unbranched alkanes of at least 4 members (excludes halogenated alkanes) is 4. The average Bonchev–Trinajstić information content (AvgIpc) is 2.04. The Balaban J connectivity index is 3.27. The third-order valence-electron chi connectivity index (χ3n) is 2.30.